The van der Waals surface area contributed by atoms with E-state index in [9.17, 15) is 9.59 Å². The highest BCUT2D eigenvalue weighted by molar-refractivity contribution is 7.12. The molecule has 1 aromatic heterocycles. The van der Waals surface area contributed by atoms with Gasteiger partial charge in [0.25, 0.3) is 11.8 Å². The number of amides is 2. The van der Waals surface area contributed by atoms with Crippen LogP contribution in [-0.4, -0.2) is 48.6 Å². The summed E-state index contributed by atoms with van der Waals surface area (Å²) < 4.78 is 5.18. The third-order valence-electron chi connectivity index (χ3n) is 3.76. The van der Waals surface area contributed by atoms with Crippen LogP contribution in [0.2, 0.25) is 0 Å². The van der Waals surface area contributed by atoms with Crippen LogP contribution in [0.25, 0.3) is 0 Å². The Morgan fingerprint density at radius 1 is 1.43 bits per heavy atom. The zero-order valence-electron chi connectivity index (χ0n) is 11.6. The third-order valence-corrected chi connectivity index (χ3v) is 4.62. The lowest BCUT2D eigenvalue weighted by atomic mass is 10.2. The minimum absolute atomic E-state index is 0.0770. The van der Waals surface area contributed by atoms with Crippen molar-refractivity contribution in [3.8, 4) is 0 Å². The molecule has 1 N–H and O–H groups in total. The van der Waals surface area contributed by atoms with Gasteiger partial charge in [0, 0.05) is 19.6 Å². The first kappa shape index (κ1) is 14.5. The summed E-state index contributed by atoms with van der Waals surface area (Å²) in [7, 11) is 0. The SMILES string of the molecule is O=C(NOC1CCOC1)[C@@H]1CCCN1C(=O)c1cccs1. The number of nitrogens with one attached hydrogen (secondary N) is 1. The molecule has 21 heavy (non-hydrogen) atoms. The van der Waals surface area contributed by atoms with E-state index in [-0.39, 0.29) is 17.9 Å². The molecule has 0 aliphatic carbocycles. The molecular weight excluding hydrogens is 292 g/mol. The standard InChI is InChI=1S/C14H18N2O4S/c17-13(15-20-10-5-7-19-9-10)11-3-1-6-16(11)14(18)12-4-2-8-21-12/h2,4,8,10-11H,1,3,5-7,9H2,(H,15,17)/t10?,11-/m0/s1. The van der Waals surface area contributed by atoms with E-state index in [1.807, 2.05) is 11.4 Å². The molecule has 2 aliphatic rings. The number of ether oxygens (including phenoxy) is 1. The van der Waals surface area contributed by atoms with E-state index in [4.69, 9.17) is 9.57 Å². The molecule has 3 rings (SSSR count). The Morgan fingerprint density at radius 2 is 2.33 bits per heavy atom. The lowest BCUT2D eigenvalue weighted by Gasteiger charge is -2.23. The molecule has 2 amide bonds. The Hall–Kier alpha value is -1.44. The number of thiophene rings is 1. The molecule has 0 spiro atoms. The molecular formula is C14H18N2O4S. The van der Waals surface area contributed by atoms with Crippen LogP contribution in [0.4, 0.5) is 0 Å². The Bertz CT molecular complexity index is 499. The molecule has 114 valence electrons. The summed E-state index contributed by atoms with van der Waals surface area (Å²) in [5.41, 5.74) is 2.49. The molecule has 2 saturated heterocycles. The van der Waals surface area contributed by atoms with Crippen molar-refractivity contribution >= 4 is 23.2 Å². The van der Waals surface area contributed by atoms with Gasteiger partial charge in [0.1, 0.15) is 12.1 Å². The maximum absolute atomic E-state index is 12.4. The Morgan fingerprint density at radius 3 is 3.05 bits per heavy atom. The molecule has 2 atom stereocenters. The molecule has 0 bridgehead atoms. The van der Waals surface area contributed by atoms with E-state index < -0.39 is 6.04 Å². The molecule has 6 nitrogen and oxygen atoms in total. The number of carbonyl (C=O) groups is 2. The van der Waals surface area contributed by atoms with Gasteiger partial charge in [-0.05, 0) is 24.3 Å². The van der Waals surface area contributed by atoms with E-state index in [0.717, 1.165) is 12.8 Å². The number of hydrogen-bond donors (Lipinski definition) is 1. The van der Waals surface area contributed by atoms with Crippen molar-refractivity contribution in [2.75, 3.05) is 19.8 Å². The van der Waals surface area contributed by atoms with Gasteiger partial charge < -0.3 is 9.64 Å². The van der Waals surface area contributed by atoms with Crippen LogP contribution < -0.4 is 5.48 Å². The normalized spacial score (nSPS) is 25.2. The van der Waals surface area contributed by atoms with Crippen LogP contribution in [0.5, 0.6) is 0 Å². The van der Waals surface area contributed by atoms with Gasteiger partial charge in [-0.25, -0.2) is 5.48 Å². The highest BCUT2D eigenvalue weighted by atomic mass is 32.1. The summed E-state index contributed by atoms with van der Waals surface area (Å²) in [6.45, 7) is 1.77. The topological polar surface area (TPSA) is 67.9 Å². The molecule has 7 heteroatoms. The second kappa shape index (κ2) is 6.55. The number of hydroxylamine groups is 1. The van der Waals surface area contributed by atoms with E-state index in [1.54, 1.807) is 11.0 Å². The van der Waals surface area contributed by atoms with Gasteiger partial charge in [-0.3, -0.25) is 14.4 Å². The maximum Gasteiger partial charge on any atom is 0.266 e. The zero-order chi connectivity index (χ0) is 14.7. The largest absolute Gasteiger partial charge is 0.379 e. The second-order valence-corrected chi connectivity index (χ2v) is 6.15. The first-order valence-corrected chi connectivity index (χ1v) is 8.01. The lowest BCUT2D eigenvalue weighted by Crippen LogP contribution is -2.46. The van der Waals surface area contributed by atoms with Gasteiger partial charge in [-0.2, -0.15) is 0 Å². The fourth-order valence-electron chi connectivity index (χ4n) is 2.64. The van der Waals surface area contributed by atoms with Gasteiger partial charge in [0.15, 0.2) is 0 Å². The van der Waals surface area contributed by atoms with Crippen LogP contribution >= 0.6 is 11.3 Å². The van der Waals surface area contributed by atoms with Crippen molar-refractivity contribution in [2.45, 2.75) is 31.4 Å². The number of hydrogen-bond acceptors (Lipinski definition) is 5. The van der Waals surface area contributed by atoms with Crippen molar-refractivity contribution < 1.29 is 19.2 Å². The minimum atomic E-state index is -0.443. The molecule has 1 aromatic rings. The number of nitrogens with zero attached hydrogens (tertiary/aromatic N) is 1. The average molecular weight is 310 g/mol. The summed E-state index contributed by atoms with van der Waals surface area (Å²) in [5, 5.41) is 1.86. The quantitative estimate of drug-likeness (QED) is 0.848. The number of rotatable bonds is 4. The summed E-state index contributed by atoms with van der Waals surface area (Å²) in [5.74, 6) is -0.323. The minimum Gasteiger partial charge on any atom is -0.379 e. The van der Waals surface area contributed by atoms with Gasteiger partial charge >= 0.3 is 0 Å². The van der Waals surface area contributed by atoms with Crippen molar-refractivity contribution in [3.05, 3.63) is 22.4 Å². The monoisotopic (exact) mass is 310 g/mol. The van der Waals surface area contributed by atoms with E-state index in [2.05, 4.69) is 5.48 Å². The summed E-state index contributed by atoms with van der Waals surface area (Å²) >= 11 is 1.39. The van der Waals surface area contributed by atoms with Crippen molar-refractivity contribution in [2.24, 2.45) is 0 Å². The first-order valence-electron chi connectivity index (χ1n) is 7.13. The molecule has 2 aliphatic heterocycles. The van der Waals surface area contributed by atoms with Crippen molar-refractivity contribution in [1.82, 2.24) is 10.4 Å². The third kappa shape index (κ3) is 3.25. The predicted molar refractivity (Wildman–Crippen MR) is 76.8 cm³/mol. The molecule has 3 heterocycles. The highest BCUT2D eigenvalue weighted by Gasteiger charge is 2.35. The Balaban J connectivity index is 1.58. The van der Waals surface area contributed by atoms with Crippen LogP contribution in [-0.2, 0) is 14.4 Å². The molecule has 0 aromatic carbocycles. The first-order chi connectivity index (χ1) is 10.3. The van der Waals surface area contributed by atoms with Gasteiger partial charge in [0.2, 0.25) is 0 Å². The fraction of sp³-hybridized carbons (Fsp3) is 0.571. The molecule has 2 fully saturated rings. The van der Waals surface area contributed by atoms with Crippen molar-refractivity contribution in [3.63, 3.8) is 0 Å². The van der Waals surface area contributed by atoms with Gasteiger partial charge in [0.05, 0.1) is 11.5 Å². The van der Waals surface area contributed by atoms with E-state index in [0.29, 0.717) is 31.1 Å². The summed E-state index contributed by atoms with van der Waals surface area (Å²) in [6, 6.07) is 3.18. The van der Waals surface area contributed by atoms with E-state index in [1.165, 1.54) is 11.3 Å². The summed E-state index contributed by atoms with van der Waals surface area (Å²) in [4.78, 5) is 32.2. The van der Waals surface area contributed by atoms with Crippen LogP contribution in [0.1, 0.15) is 28.9 Å². The smallest absolute Gasteiger partial charge is 0.266 e. The Kier molecular flexibility index (Phi) is 4.52. The van der Waals surface area contributed by atoms with Gasteiger partial charge in [-0.1, -0.05) is 6.07 Å². The molecule has 1 unspecified atom stereocenters. The molecule has 0 radical (unpaired) electrons. The fourth-order valence-corrected chi connectivity index (χ4v) is 3.32. The summed E-state index contributed by atoms with van der Waals surface area (Å²) in [6.07, 6.45) is 2.20. The van der Waals surface area contributed by atoms with Crippen LogP contribution in [0.15, 0.2) is 17.5 Å². The lowest BCUT2D eigenvalue weighted by molar-refractivity contribution is -0.142. The average Bonchev–Trinajstić information content (AvgIpc) is 3.26. The van der Waals surface area contributed by atoms with E-state index >= 15 is 0 Å². The van der Waals surface area contributed by atoms with Gasteiger partial charge in [-0.15, -0.1) is 11.3 Å². The number of likely N-dealkylation sites (tertiary alicyclic amines) is 1. The maximum atomic E-state index is 12.4. The van der Waals surface area contributed by atoms with Crippen molar-refractivity contribution in [1.29, 1.82) is 0 Å². The Labute approximate surface area is 127 Å². The second-order valence-electron chi connectivity index (χ2n) is 5.20. The number of carbonyl (C=O) groups excluding carboxylic acids is 2. The molecule has 0 saturated carbocycles. The van der Waals surface area contributed by atoms with Crippen LogP contribution in [0.3, 0.4) is 0 Å². The van der Waals surface area contributed by atoms with Crippen LogP contribution in [0, 0.1) is 0 Å². The predicted octanol–water partition coefficient (Wildman–Crippen LogP) is 1.19. The zero-order valence-corrected chi connectivity index (χ0v) is 12.4. The highest BCUT2D eigenvalue weighted by Crippen LogP contribution is 2.22.